The summed E-state index contributed by atoms with van der Waals surface area (Å²) in [6.45, 7) is 1.21. The zero-order chi connectivity index (χ0) is 14.2. The first-order chi connectivity index (χ1) is 8.97. The van der Waals surface area contributed by atoms with Crippen LogP contribution < -0.4 is 0 Å². The number of ether oxygens (including phenoxy) is 1. The summed E-state index contributed by atoms with van der Waals surface area (Å²) in [4.78, 5) is 0. The predicted molar refractivity (Wildman–Crippen MR) is 65.6 cm³/mol. The van der Waals surface area contributed by atoms with Gasteiger partial charge in [0.05, 0.1) is 6.61 Å². The number of hydrogen-bond acceptors (Lipinski definition) is 6. The fourth-order valence-corrected chi connectivity index (χ4v) is 2.27. The summed E-state index contributed by atoms with van der Waals surface area (Å²) in [6, 6.07) is 4.95. The van der Waals surface area contributed by atoms with Crippen LogP contribution >= 0.6 is 0 Å². The van der Waals surface area contributed by atoms with Crippen LogP contribution in [0.25, 0.3) is 0 Å². The van der Waals surface area contributed by atoms with Gasteiger partial charge < -0.3 is 30.3 Å². The van der Waals surface area contributed by atoms with Gasteiger partial charge in [0.15, 0.2) is 0 Å². The Morgan fingerprint density at radius 2 is 1.79 bits per heavy atom. The summed E-state index contributed by atoms with van der Waals surface area (Å²) in [5, 5.41) is 48.5. The SMILES string of the molecule is Cc1cccc(C2O[C@H](CO)[C@@H](O)[C@H](O)[C@H]2O)c1O. The van der Waals surface area contributed by atoms with Crippen molar-refractivity contribution in [3.63, 3.8) is 0 Å². The number of benzene rings is 1. The summed E-state index contributed by atoms with van der Waals surface area (Å²) in [5.74, 6) is -0.0353. The van der Waals surface area contributed by atoms with E-state index in [1.54, 1.807) is 25.1 Å². The molecule has 6 heteroatoms. The molecule has 0 aromatic heterocycles. The van der Waals surface area contributed by atoms with Gasteiger partial charge in [0.1, 0.15) is 36.3 Å². The van der Waals surface area contributed by atoms with Crippen molar-refractivity contribution in [2.45, 2.75) is 37.4 Å². The van der Waals surface area contributed by atoms with E-state index in [2.05, 4.69) is 0 Å². The number of para-hydroxylation sites is 1. The lowest BCUT2D eigenvalue weighted by Crippen LogP contribution is -2.55. The Morgan fingerprint density at radius 1 is 1.11 bits per heavy atom. The van der Waals surface area contributed by atoms with Crippen LogP contribution in [-0.2, 0) is 4.74 Å². The minimum absolute atomic E-state index is 0.0353. The number of aromatic hydroxyl groups is 1. The second-order valence-electron chi connectivity index (χ2n) is 4.76. The predicted octanol–water partition coefficient (Wildman–Crippen LogP) is -0.784. The van der Waals surface area contributed by atoms with Crippen molar-refractivity contribution >= 4 is 0 Å². The van der Waals surface area contributed by atoms with Gasteiger partial charge in [0.25, 0.3) is 0 Å². The van der Waals surface area contributed by atoms with Gasteiger partial charge in [0, 0.05) is 5.56 Å². The Hall–Kier alpha value is -1.18. The number of phenolic OH excluding ortho intramolecular Hbond substituents is 1. The maximum Gasteiger partial charge on any atom is 0.124 e. The molecule has 1 unspecified atom stereocenters. The fourth-order valence-electron chi connectivity index (χ4n) is 2.27. The first-order valence-electron chi connectivity index (χ1n) is 6.06. The van der Waals surface area contributed by atoms with Crippen LogP contribution in [-0.4, -0.2) is 56.6 Å². The Labute approximate surface area is 110 Å². The molecule has 19 heavy (non-hydrogen) atoms. The topological polar surface area (TPSA) is 110 Å². The number of aliphatic hydroxyl groups excluding tert-OH is 4. The van der Waals surface area contributed by atoms with Crippen LogP contribution in [0, 0.1) is 6.92 Å². The number of aliphatic hydroxyl groups is 4. The molecule has 1 saturated heterocycles. The van der Waals surface area contributed by atoms with Gasteiger partial charge in [-0.2, -0.15) is 0 Å². The molecule has 0 radical (unpaired) electrons. The zero-order valence-corrected chi connectivity index (χ0v) is 10.5. The van der Waals surface area contributed by atoms with Crippen molar-refractivity contribution in [1.82, 2.24) is 0 Å². The van der Waals surface area contributed by atoms with Crippen LogP contribution in [0.15, 0.2) is 18.2 Å². The molecule has 106 valence electrons. The molecule has 0 amide bonds. The molecule has 0 bridgehead atoms. The van der Waals surface area contributed by atoms with Crippen molar-refractivity contribution in [2.75, 3.05) is 6.61 Å². The summed E-state index contributed by atoms with van der Waals surface area (Å²) < 4.78 is 5.38. The highest BCUT2D eigenvalue weighted by molar-refractivity contribution is 5.41. The monoisotopic (exact) mass is 270 g/mol. The second-order valence-corrected chi connectivity index (χ2v) is 4.76. The normalized spacial score (nSPS) is 35.3. The van der Waals surface area contributed by atoms with E-state index < -0.39 is 37.1 Å². The van der Waals surface area contributed by atoms with Crippen molar-refractivity contribution in [3.8, 4) is 5.75 Å². The molecule has 5 atom stereocenters. The van der Waals surface area contributed by atoms with Crippen LogP contribution in [0.1, 0.15) is 17.2 Å². The van der Waals surface area contributed by atoms with Gasteiger partial charge in [-0.05, 0) is 12.5 Å². The molecule has 6 nitrogen and oxygen atoms in total. The summed E-state index contributed by atoms with van der Waals surface area (Å²) >= 11 is 0. The number of aryl methyl sites for hydroxylation is 1. The van der Waals surface area contributed by atoms with Gasteiger partial charge >= 0.3 is 0 Å². The summed E-state index contributed by atoms with van der Waals surface area (Å²) in [7, 11) is 0. The van der Waals surface area contributed by atoms with E-state index in [-0.39, 0.29) is 5.75 Å². The minimum Gasteiger partial charge on any atom is -0.507 e. The van der Waals surface area contributed by atoms with Crippen LogP contribution in [0.4, 0.5) is 0 Å². The molecule has 0 spiro atoms. The standard InChI is InChI=1S/C13H18O6/c1-6-3-2-4-7(9(6)15)13-12(18)11(17)10(16)8(5-14)19-13/h2-4,8,10-18H,5H2,1H3/t8-,10-,11+,12-,13?/m1/s1. The lowest BCUT2D eigenvalue weighted by Gasteiger charge is -2.40. The molecule has 5 N–H and O–H groups in total. The van der Waals surface area contributed by atoms with Crippen molar-refractivity contribution in [2.24, 2.45) is 0 Å². The molecule has 1 aromatic carbocycles. The van der Waals surface area contributed by atoms with Crippen molar-refractivity contribution < 1.29 is 30.3 Å². The Bertz CT molecular complexity index is 447. The van der Waals surface area contributed by atoms with Crippen LogP contribution in [0.2, 0.25) is 0 Å². The molecule has 0 aliphatic carbocycles. The van der Waals surface area contributed by atoms with E-state index >= 15 is 0 Å². The number of phenols is 1. The molecular formula is C13H18O6. The van der Waals surface area contributed by atoms with Gasteiger partial charge in [-0.1, -0.05) is 18.2 Å². The average Bonchev–Trinajstić information content (AvgIpc) is 2.40. The highest BCUT2D eigenvalue weighted by atomic mass is 16.5. The van der Waals surface area contributed by atoms with E-state index in [9.17, 15) is 20.4 Å². The Morgan fingerprint density at radius 3 is 2.42 bits per heavy atom. The van der Waals surface area contributed by atoms with E-state index in [1.807, 2.05) is 0 Å². The first-order valence-corrected chi connectivity index (χ1v) is 6.06. The van der Waals surface area contributed by atoms with Gasteiger partial charge in [-0.25, -0.2) is 0 Å². The van der Waals surface area contributed by atoms with E-state index in [1.165, 1.54) is 0 Å². The molecule has 1 heterocycles. The highest BCUT2D eigenvalue weighted by Gasteiger charge is 2.44. The number of rotatable bonds is 2. The first kappa shape index (κ1) is 14.2. The van der Waals surface area contributed by atoms with Crippen molar-refractivity contribution in [1.29, 1.82) is 0 Å². The van der Waals surface area contributed by atoms with Crippen LogP contribution in [0.3, 0.4) is 0 Å². The summed E-state index contributed by atoms with van der Waals surface area (Å²) in [6.07, 6.45) is -6.22. The maximum absolute atomic E-state index is 9.98. The third kappa shape index (κ3) is 2.45. The van der Waals surface area contributed by atoms with E-state index in [0.29, 0.717) is 11.1 Å². The minimum atomic E-state index is -1.45. The molecule has 1 aliphatic heterocycles. The maximum atomic E-state index is 9.98. The molecule has 2 rings (SSSR count). The molecule has 0 saturated carbocycles. The zero-order valence-electron chi connectivity index (χ0n) is 10.5. The Kier molecular flexibility index (Phi) is 4.07. The van der Waals surface area contributed by atoms with Gasteiger partial charge in [-0.3, -0.25) is 0 Å². The smallest absolute Gasteiger partial charge is 0.124 e. The largest absolute Gasteiger partial charge is 0.507 e. The summed E-state index contributed by atoms with van der Waals surface area (Å²) in [5.41, 5.74) is 0.923. The molecule has 1 aromatic rings. The Balaban J connectivity index is 2.35. The second kappa shape index (κ2) is 5.44. The van der Waals surface area contributed by atoms with E-state index in [0.717, 1.165) is 0 Å². The quantitative estimate of drug-likeness (QED) is 0.482. The third-order valence-electron chi connectivity index (χ3n) is 3.47. The lowest BCUT2D eigenvalue weighted by molar-refractivity contribution is -0.232. The van der Waals surface area contributed by atoms with E-state index in [4.69, 9.17) is 9.84 Å². The molecule has 1 aliphatic rings. The number of hydrogen-bond donors (Lipinski definition) is 5. The fraction of sp³-hybridized carbons (Fsp3) is 0.538. The lowest BCUT2D eigenvalue weighted by atomic mass is 9.90. The highest BCUT2D eigenvalue weighted by Crippen LogP contribution is 2.37. The van der Waals surface area contributed by atoms with Gasteiger partial charge in [0.2, 0.25) is 0 Å². The van der Waals surface area contributed by atoms with Crippen LogP contribution in [0.5, 0.6) is 5.75 Å². The molecular weight excluding hydrogens is 252 g/mol. The van der Waals surface area contributed by atoms with Crippen molar-refractivity contribution in [3.05, 3.63) is 29.3 Å². The molecule has 1 fully saturated rings. The third-order valence-corrected chi connectivity index (χ3v) is 3.47. The van der Waals surface area contributed by atoms with Gasteiger partial charge in [-0.15, -0.1) is 0 Å². The average molecular weight is 270 g/mol.